The van der Waals surface area contributed by atoms with Gasteiger partial charge in [0.25, 0.3) is 0 Å². The third kappa shape index (κ3) is 2.56. The fourth-order valence-electron chi connectivity index (χ4n) is 1.55. The molecule has 2 unspecified atom stereocenters. The summed E-state index contributed by atoms with van der Waals surface area (Å²) in [5.41, 5.74) is 7.22. The topological polar surface area (TPSA) is 103 Å². The van der Waals surface area contributed by atoms with Gasteiger partial charge in [0.15, 0.2) is 0 Å². The van der Waals surface area contributed by atoms with Crippen molar-refractivity contribution in [2.24, 2.45) is 11.7 Å². The molecule has 0 aromatic carbocycles. The van der Waals surface area contributed by atoms with Crippen LogP contribution in [0.15, 0.2) is 0 Å². The molecule has 0 radical (unpaired) electrons. The van der Waals surface area contributed by atoms with E-state index in [4.69, 9.17) is 10.5 Å². The highest BCUT2D eigenvalue weighted by atomic mass is 16.5. The van der Waals surface area contributed by atoms with Crippen LogP contribution in [0.4, 0.5) is 5.95 Å². The minimum Gasteiger partial charge on any atom is -0.379 e. The molecule has 0 spiro atoms. The lowest BCUT2D eigenvalue weighted by Gasteiger charge is -2.12. The van der Waals surface area contributed by atoms with Gasteiger partial charge in [0.1, 0.15) is 0 Å². The second-order valence-corrected chi connectivity index (χ2v) is 4.10. The highest BCUT2D eigenvalue weighted by Crippen LogP contribution is 2.13. The van der Waals surface area contributed by atoms with E-state index in [0.29, 0.717) is 13.2 Å². The predicted molar refractivity (Wildman–Crippen MR) is 60.2 cm³/mol. The summed E-state index contributed by atoms with van der Waals surface area (Å²) in [6.07, 6.45) is 0. The van der Waals surface area contributed by atoms with Crippen LogP contribution in [-0.4, -0.2) is 40.3 Å². The molecule has 1 aromatic heterocycles. The minimum absolute atomic E-state index is 0.206. The van der Waals surface area contributed by atoms with Gasteiger partial charge in [-0.15, -0.1) is 5.10 Å². The first-order chi connectivity index (χ1) is 8.08. The molecule has 0 aliphatic carbocycles. The normalized spacial score (nSPS) is 23.7. The van der Waals surface area contributed by atoms with Crippen LogP contribution in [-0.2, 0) is 9.53 Å². The molecule has 1 aliphatic heterocycles. The molecule has 1 aromatic rings. The standard InChI is InChI=1S/C10H15N5O2/c1-5-6(2)14-15-10(12-5)13-9(16)7-3-17-4-8(7)11/h7-8H,3-4,11H2,1-2H3,(H,12,13,15,16). The zero-order valence-corrected chi connectivity index (χ0v) is 9.80. The zero-order chi connectivity index (χ0) is 12.4. The van der Waals surface area contributed by atoms with Gasteiger partial charge in [-0.1, -0.05) is 0 Å². The van der Waals surface area contributed by atoms with Crippen molar-refractivity contribution in [1.82, 2.24) is 15.2 Å². The van der Waals surface area contributed by atoms with Gasteiger partial charge in [-0.2, -0.15) is 5.10 Å². The molecule has 2 atom stereocenters. The van der Waals surface area contributed by atoms with Crippen molar-refractivity contribution in [1.29, 1.82) is 0 Å². The Morgan fingerprint density at radius 1 is 1.35 bits per heavy atom. The maximum Gasteiger partial charge on any atom is 0.249 e. The number of nitrogens with two attached hydrogens (primary N) is 1. The van der Waals surface area contributed by atoms with Crippen molar-refractivity contribution >= 4 is 11.9 Å². The average Bonchev–Trinajstić information content (AvgIpc) is 2.70. The molecule has 92 valence electrons. The van der Waals surface area contributed by atoms with Gasteiger partial charge in [0.2, 0.25) is 11.9 Å². The third-order valence-electron chi connectivity index (χ3n) is 2.79. The highest BCUT2D eigenvalue weighted by molar-refractivity contribution is 5.91. The monoisotopic (exact) mass is 237 g/mol. The quantitative estimate of drug-likeness (QED) is 0.712. The number of ether oxygens (including phenoxy) is 1. The van der Waals surface area contributed by atoms with Crippen LogP contribution in [0.5, 0.6) is 0 Å². The maximum absolute atomic E-state index is 11.8. The number of nitrogens with zero attached hydrogens (tertiary/aromatic N) is 3. The van der Waals surface area contributed by atoms with Crippen LogP contribution in [0.1, 0.15) is 11.4 Å². The molecule has 0 saturated carbocycles. The molecule has 2 rings (SSSR count). The molecular formula is C10H15N5O2. The summed E-state index contributed by atoms with van der Waals surface area (Å²) in [7, 11) is 0. The Hall–Kier alpha value is -1.60. The number of aromatic nitrogens is 3. The fraction of sp³-hybridized carbons (Fsp3) is 0.600. The second-order valence-electron chi connectivity index (χ2n) is 4.10. The van der Waals surface area contributed by atoms with Crippen molar-refractivity contribution in [2.45, 2.75) is 19.9 Å². The molecule has 7 heteroatoms. The Kier molecular flexibility index (Phi) is 3.30. The first kappa shape index (κ1) is 11.9. The van der Waals surface area contributed by atoms with E-state index in [0.717, 1.165) is 11.4 Å². The van der Waals surface area contributed by atoms with E-state index in [2.05, 4.69) is 20.5 Å². The number of amides is 1. The summed E-state index contributed by atoms with van der Waals surface area (Å²) < 4.78 is 5.13. The van der Waals surface area contributed by atoms with Gasteiger partial charge in [0.05, 0.1) is 30.5 Å². The number of hydrogen-bond donors (Lipinski definition) is 2. The van der Waals surface area contributed by atoms with Crippen LogP contribution in [0.2, 0.25) is 0 Å². The molecule has 1 fully saturated rings. The maximum atomic E-state index is 11.8. The predicted octanol–water partition coefficient (Wildman–Crippen LogP) is -0.599. The van der Waals surface area contributed by atoms with E-state index >= 15 is 0 Å². The van der Waals surface area contributed by atoms with Crippen molar-refractivity contribution in [3.05, 3.63) is 11.4 Å². The number of hydrogen-bond acceptors (Lipinski definition) is 6. The summed E-state index contributed by atoms with van der Waals surface area (Å²) in [4.78, 5) is 16.0. The Bertz CT molecular complexity index is 437. The van der Waals surface area contributed by atoms with Crippen molar-refractivity contribution in [3.8, 4) is 0 Å². The number of aryl methyl sites for hydroxylation is 2. The van der Waals surface area contributed by atoms with Crippen molar-refractivity contribution in [3.63, 3.8) is 0 Å². The minimum atomic E-state index is -0.347. The van der Waals surface area contributed by atoms with Gasteiger partial charge >= 0.3 is 0 Å². The lowest BCUT2D eigenvalue weighted by atomic mass is 10.0. The Morgan fingerprint density at radius 2 is 2.12 bits per heavy atom. The number of carbonyl (C=O) groups excluding carboxylic acids is 1. The van der Waals surface area contributed by atoms with E-state index in [1.807, 2.05) is 13.8 Å². The summed E-state index contributed by atoms with van der Waals surface area (Å²) >= 11 is 0. The van der Waals surface area contributed by atoms with Crippen molar-refractivity contribution < 1.29 is 9.53 Å². The van der Waals surface area contributed by atoms with E-state index in [9.17, 15) is 4.79 Å². The van der Waals surface area contributed by atoms with Crippen LogP contribution in [0, 0.1) is 19.8 Å². The number of nitrogens with one attached hydrogen (secondary N) is 1. The van der Waals surface area contributed by atoms with Crippen molar-refractivity contribution in [2.75, 3.05) is 18.5 Å². The van der Waals surface area contributed by atoms with Crippen LogP contribution in [0.3, 0.4) is 0 Å². The van der Waals surface area contributed by atoms with E-state index in [1.54, 1.807) is 0 Å². The lowest BCUT2D eigenvalue weighted by Crippen LogP contribution is -2.37. The molecule has 1 amide bonds. The SMILES string of the molecule is Cc1nnc(NC(=O)C2COCC2N)nc1C. The summed E-state index contributed by atoms with van der Waals surface area (Å²) in [6, 6.07) is -0.269. The number of carbonyl (C=O) groups is 1. The molecule has 1 aliphatic rings. The zero-order valence-electron chi connectivity index (χ0n) is 9.80. The fourth-order valence-corrected chi connectivity index (χ4v) is 1.55. The van der Waals surface area contributed by atoms with Crippen LogP contribution < -0.4 is 11.1 Å². The lowest BCUT2D eigenvalue weighted by molar-refractivity contribution is -0.120. The smallest absolute Gasteiger partial charge is 0.249 e. The largest absolute Gasteiger partial charge is 0.379 e. The second kappa shape index (κ2) is 4.72. The molecule has 2 heterocycles. The van der Waals surface area contributed by atoms with Crippen LogP contribution >= 0.6 is 0 Å². The Labute approximate surface area is 98.8 Å². The molecule has 7 nitrogen and oxygen atoms in total. The van der Waals surface area contributed by atoms with Gasteiger partial charge in [-0.3, -0.25) is 10.1 Å². The molecule has 1 saturated heterocycles. The summed E-state index contributed by atoms with van der Waals surface area (Å²) in [5.74, 6) is -0.363. The molecule has 3 N–H and O–H groups in total. The van der Waals surface area contributed by atoms with Gasteiger partial charge in [-0.25, -0.2) is 4.98 Å². The summed E-state index contributed by atoms with van der Waals surface area (Å²) in [6.45, 7) is 4.36. The number of rotatable bonds is 2. The average molecular weight is 237 g/mol. The molecular weight excluding hydrogens is 222 g/mol. The first-order valence-electron chi connectivity index (χ1n) is 5.40. The van der Waals surface area contributed by atoms with E-state index in [1.165, 1.54) is 0 Å². The first-order valence-corrected chi connectivity index (χ1v) is 5.40. The van der Waals surface area contributed by atoms with Gasteiger partial charge in [-0.05, 0) is 13.8 Å². The highest BCUT2D eigenvalue weighted by Gasteiger charge is 2.31. The van der Waals surface area contributed by atoms with E-state index in [-0.39, 0.29) is 23.8 Å². The van der Waals surface area contributed by atoms with E-state index < -0.39 is 0 Å². The molecule has 0 bridgehead atoms. The van der Waals surface area contributed by atoms with Gasteiger partial charge < -0.3 is 10.5 Å². The Morgan fingerprint density at radius 3 is 2.71 bits per heavy atom. The van der Waals surface area contributed by atoms with Gasteiger partial charge in [0, 0.05) is 6.04 Å². The van der Waals surface area contributed by atoms with Crippen LogP contribution in [0.25, 0.3) is 0 Å². The third-order valence-corrected chi connectivity index (χ3v) is 2.79. The number of anilines is 1. The summed E-state index contributed by atoms with van der Waals surface area (Å²) in [5, 5.41) is 10.3. The Balaban J connectivity index is 2.05. The molecule has 17 heavy (non-hydrogen) atoms.